The summed E-state index contributed by atoms with van der Waals surface area (Å²) >= 11 is 0. The van der Waals surface area contributed by atoms with Crippen molar-refractivity contribution in [3.8, 4) is 5.69 Å². The van der Waals surface area contributed by atoms with Crippen LogP contribution in [0.4, 0.5) is 0 Å². The zero-order valence-electron chi connectivity index (χ0n) is 19.7. The summed E-state index contributed by atoms with van der Waals surface area (Å²) in [7, 11) is 0. The highest BCUT2D eigenvalue weighted by Gasteiger charge is 2.22. The van der Waals surface area contributed by atoms with E-state index in [1.165, 1.54) is 60.1 Å². The normalized spacial score (nSPS) is 12.6. The summed E-state index contributed by atoms with van der Waals surface area (Å²) in [6.45, 7) is 6.89. The van der Waals surface area contributed by atoms with Crippen molar-refractivity contribution in [2.45, 2.75) is 26.3 Å². The largest absolute Gasteiger partial charge is 0.335 e. The fraction of sp³-hybridized carbons (Fsp3) is 0.125. The summed E-state index contributed by atoms with van der Waals surface area (Å²) < 4.78 is 4.93. The third kappa shape index (κ3) is 2.63. The molecule has 2 heterocycles. The van der Waals surface area contributed by atoms with Crippen molar-refractivity contribution in [2.24, 2.45) is 0 Å². The van der Waals surface area contributed by atoms with E-state index < -0.39 is 0 Å². The minimum Gasteiger partial charge on any atom is -0.335 e. The molecule has 0 atom stereocenters. The Morgan fingerprint density at radius 3 is 1.79 bits per heavy atom. The van der Waals surface area contributed by atoms with Crippen LogP contribution in [0, 0.1) is 0 Å². The number of para-hydroxylation sites is 2. The Morgan fingerprint density at radius 2 is 1.03 bits per heavy atom. The molecule has 164 valence electrons. The number of benzene rings is 5. The van der Waals surface area contributed by atoms with Crippen LogP contribution in [0.3, 0.4) is 0 Å². The van der Waals surface area contributed by atoms with Crippen molar-refractivity contribution >= 4 is 54.4 Å². The summed E-state index contributed by atoms with van der Waals surface area (Å²) in [5.41, 5.74) is 6.25. The second-order valence-corrected chi connectivity index (χ2v) is 10.3. The molecule has 0 bridgehead atoms. The quantitative estimate of drug-likeness (QED) is 0.242. The Labute approximate surface area is 198 Å². The van der Waals surface area contributed by atoms with Crippen molar-refractivity contribution in [1.29, 1.82) is 0 Å². The molecule has 0 spiro atoms. The maximum atomic E-state index is 2.50. The molecule has 0 aliphatic rings. The van der Waals surface area contributed by atoms with Gasteiger partial charge in [-0.05, 0) is 74.0 Å². The lowest BCUT2D eigenvalue weighted by molar-refractivity contribution is 0.423. The van der Waals surface area contributed by atoms with Crippen molar-refractivity contribution in [3.05, 3.63) is 103 Å². The minimum atomic E-state index is -0.0282. The van der Waals surface area contributed by atoms with E-state index in [1.807, 2.05) is 0 Å². The fourth-order valence-electron chi connectivity index (χ4n) is 5.74. The van der Waals surface area contributed by atoms with Crippen LogP contribution in [-0.2, 0) is 5.54 Å². The van der Waals surface area contributed by atoms with Gasteiger partial charge in [0.25, 0.3) is 0 Å². The highest BCUT2D eigenvalue weighted by Crippen LogP contribution is 2.41. The van der Waals surface area contributed by atoms with Gasteiger partial charge in [0, 0.05) is 38.3 Å². The van der Waals surface area contributed by atoms with Crippen LogP contribution >= 0.6 is 0 Å². The lowest BCUT2D eigenvalue weighted by Crippen LogP contribution is -2.21. The molecule has 7 aromatic rings. The van der Waals surface area contributed by atoms with Gasteiger partial charge in [-0.25, -0.2) is 0 Å². The zero-order valence-corrected chi connectivity index (χ0v) is 19.7. The van der Waals surface area contributed by atoms with E-state index in [-0.39, 0.29) is 5.54 Å². The highest BCUT2D eigenvalue weighted by molar-refractivity contribution is 6.20. The molecule has 0 amide bonds. The van der Waals surface area contributed by atoms with E-state index in [0.29, 0.717) is 0 Å². The SMILES string of the molecule is CC(C)(C)n1c2ccccc2c2cc3c(cc21)c1cc2ccccc2cc1n3-c1ccccc1. The second-order valence-electron chi connectivity index (χ2n) is 10.3. The monoisotopic (exact) mass is 438 g/mol. The molecule has 0 N–H and O–H groups in total. The topological polar surface area (TPSA) is 9.86 Å². The van der Waals surface area contributed by atoms with Crippen LogP contribution in [0.25, 0.3) is 60.1 Å². The van der Waals surface area contributed by atoms with E-state index in [2.05, 4.69) is 133 Å². The van der Waals surface area contributed by atoms with Gasteiger partial charge in [0.15, 0.2) is 0 Å². The molecule has 2 nitrogen and oxygen atoms in total. The zero-order chi connectivity index (χ0) is 23.0. The molecule has 2 aromatic heterocycles. The Bertz CT molecular complexity index is 1880. The number of hydrogen-bond donors (Lipinski definition) is 0. The number of nitrogens with zero attached hydrogens (tertiary/aromatic N) is 2. The molecule has 7 rings (SSSR count). The van der Waals surface area contributed by atoms with Gasteiger partial charge < -0.3 is 9.13 Å². The van der Waals surface area contributed by atoms with E-state index in [1.54, 1.807) is 0 Å². The first-order valence-corrected chi connectivity index (χ1v) is 12.0. The Kier molecular flexibility index (Phi) is 3.85. The molecular weight excluding hydrogens is 412 g/mol. The predicted octanol–water partition coefficient (Wildman–Crippen LogP) is 8.80. The van der Waals surface area contributed by atoms with Gasteiger partial charge in [0.05, 0.1) is 16.6 Å². The third-order valence-electron chi connectivity index (χ3n) is 7.11. The number of fused-ring (bicyclic) bond motifs is 7. The molecule has 0 saturated carbocycles. The molecule has 0 radical (unpaired) electrons. The van der Waals surface area contributed by atoms with Gasteiger partial charge in [0.2, 0.25) is 0 Å². The fourth-order valence-corrected chi connectivity index (χ4v) is 5.74. The Balaban J connectivity index is 1.74. The van der Waals surface area contributed by atoms with E-state index in [0.717, 1.165) is 0 Å². The maximum Gasteiger partial charge on any atom is 0.0548 e. The first-order valence-electron chi connectivity index (χ1n) is 12.0. The van der Waals surface area contributed by atoms with Crippen molar-refractivity contribution in [3.63, 3.8) is 0 Å². The lowest BCUT2D eigenvalue weighted by Gasteiger charge is -2.24. The smallest absolute Gasteiger partial charge is 0.0548 e. The third-order valence-corrected chi connectivity index (χ3v) is 7.11. The van der Waals surface area contributed by atoms with E-state index in [9.17, 15) is 0 Å². The first kappa shape index (κ1) is 19.4. The van der Waals surface area contributed by atoms with Crippen molar-refractivity contribution < 1.29 is 0 Å². The van der Waals surface area contributed by atoms with Crippen molar-refractivity contribution in [2.75, 3.05) is 0 Å². The van der Waals surface area contributed by atoms with Crippen LogP contribution in [0.5, 0.6) is 0 Å². The average Bonchev–Trinajstić information content (AvgIpc) is 3.33. The molecule has 0 fully saturated rings. The number of rotatable bonds is 1. The molecule has 0 aliphatic heterocycles. The van der Waals surface area contributed by atoms with Crippen LogP contribution in [-0.4, -0.2) is 9.13 Å². The molecular formula is C32H26N2. The summed E-state index contributed by atoms with van der Waals surface area (Å²) in [6.07, 6.45) is 0. The van der Waals surface area contributed by atoms with Crippen LogP contribution in [0.2, 0.25) is 0 Å². The summed E-state index contributed by atoms with van der Waals surface area (Å²) in [4.78, 5) is 0. The molecule has 5 aromatic carbocycles. The van der Waals surface area contributed by atoms with E-state index in [4.69, 9.17) is 0 Å². The molecule has 0 aliphatic carbocycles. The van der Waals surface area contributed by atoms with Gasteiger partial charge in [-0.15, -0.1) is 0 Å². The molecule has 2 heteroatoms. The van der Waals surface area contributed by atoms with Gasteiger partial charge >= 0.3 is 0 Å². The predicted molar refractivity (Wildman–Crippen MR) is 146 cm³/mol. The molecule has 34 heavy (non-hydrogen) atoms. The second kappa shape index (κ2) is 6.74. The number of hydrogen-bond acceptors (Lipinski definition) is 0. The Hall–Kier alpha value is -4.04. The molecule has 0 unspecified atom stereocenters. The van der Waals surface area contributed by atoms with Gasteiger partial charge in [-0.1, -0.05) is 60.7 Å². The van der Waals surface area contributed by atoms with Crippen LogP contribution < -0.4 is 0 Å². The van der Waals surface area contributed by atoms with Crippen molar-refractivity contribution in [1.82, 2.24) is 9.13 Å². The molecule has 0 saturated heterocycles. The van der Waals surface area contributed by atoms with Gasteiger partial charge in [-0.2, -0.15) is 0 Å². The Morgan fingerprint density at radius 1 is 0.471 bits per heavy atom. The highest BCUT2D eigenvalue weighted by atomic mass is 15.1. The average molecular weight is 439 g/mol. The first-order chi connectivity index (χ1) is 16.5. The maximum absolute atomic E-state index is 2.50. The van der Waals surface area contributed by atoms with Crippen LogP contribution in [0.1, 0.15) is 20.8 Å². The van der Waals surface area contributed by atoms with Crippen LogP contribution in [0.15, 0.2) is 103 Å². The van der Waals surface area contributed by atoms with Gasteiger partial charge in [0.1, 0.15) is 0 Å². The standard InChI is InChI=1S/C32H26N2/c1-32(2,3)34-28-16-10-9-15-24(28)26-19-30-27(20-31(26)34)25-17-21-11-7-8-12-22(21)18-29(25)33(30)23-13-5-4-6-14-23/h4-20H,1-3H3. The van der Waals surface area contributed by atoms with Gasteiger partial charge in [-0.3, -0.25) is 0 Å². The minimum absolute atomic E-state index is 0.0282. The number of aromatic nitrogens is 2. The summed E-state index contributed by atoms with van der Waals surface area (Å²) in [6, 6.07) is 37.8. The lowest BCUT2D eigenvalue weighted by atomic mass is 10.0. The van der Waals surface area contributed by atoms with E-state index >= 15 is 0 Å². The summed E-state index contributed by atoms with van der Waals surface area (Å²) in [5, 5.41) is 7.75. The summed E-state index contributed by atoms with van der Waals surface area (Å²) in [5.74, 6) is 0.